The minimum Gasteiger partial charge on any atom is -0.350 e. The van der Waals surface area contributed by atoms with E-state index in [1.54, 1.807) is 0 Å². The third-order valence-corrected chi connectivity index (χ3v) is 8.55. The molecule has 5 heteroatoms. The number of amides is 1. The van der Waals surface area contributed by atoms with Crippen molar-refractivity contribution in [1.29, 1.82) is 0 Å². The Morgan fingerprint density at radius 2 is 1.64 bits per heavy atom. The fourth-order valence-corrected chi connectivity index (χ4v) is 8.43. The molecule has 1 heterocycles. The molecule has 0 aromatic carbocycles. The molecule has 4 bridgehead atoms. The van der Waals surface area contributed by atoms with E-state index in [0.29, 0.717) is 12.8 Å². The molecular weight excluding hydrogens is 298 g/mol. The average Bonchev–Trinajstić information content (AvgIpc) is 2.59. The molecule has 4 aliphatic carbocycles. The lowest BCUT2D eigenvalue weighted by molar-refractivity contribution is -0.130. The van der Waals surface area contributed by atoms with Crippen molar-refractivity contribution in [2.45, 2.75) is 63.8 Å². The van der Waals surface area contributed by atoms with Crippen LogP contribution in [0.5, 0.6) is 0 Å². The van der Waals surface area contributed by atoms with Gasteiger partial charge in [0.05, 0.1) is 17.0 Å². The minimum atomic E-state index is -2.97. The molecule has 4 saturated carbocycles. The average molecular weight is 325 g/mol. The number of carbonyl (C=O) groups is 1. The summed E-state index contributed by atoms with van der Waals surface area (Å²) in [6.07, 6.45) is 9.00. The van der Waals surface area contributed by atoms with E-state index < -0.39 is 15.4 Å². The second kappa shape index (κ2) is 4.71. The molecule has 1 atom stereocenters. The van der Waals surface area contributed by atoms with Gasteiger partial charge in [-0.3, -0.25) is 4.79 Å². The topological polar surface area (TPSA) is 63.2 Å². The summed E-state index contributed by atoms with van der Waals surface area (Å²) in [5.74, 6) is 2.94. The van der Waals surface area contributed by atoms with Gasteiger partial charge in [0.15, 0.2) is 9.84 Å². The van der Waals surface area contributed by atoms with E-state index >= 15 is 0 Å². The van der Waals surface area contributed by atoms with E-state index in [4.69, 9.17) is 0 Å². The summed E-state index contributed by atoms with van der Waals surface area (Å²) < 4.78 is 23.4. The van der Waals surface area contributed by atoms with E-state index in [0.717, 1.165) is 17.8 Å². The molecule has 22 heavy (non-hydrogen) atoms. The Morgan fingerprint density at radius 3 is 2.09 bits per heavy atom. The number of rotatable bonds is 3. The van der Waals surface area contributed by atoms with Crippen LogP contribution < -0.4 is 5.32 Å². The van der Waals surface area contributed by atoms with Crippen molar-refractivity contribution in [1.82, 2.24) is 5.32 Å². The van der Waals surface area contributed by atoms with Gasteiger partial charge in [-0.25, -0.2) is 8.42 Å². The number of carbonyl (C=O) groups excluding carboxylic acids is 1. The second-order valence-electron chi connectivity index (χ2n) is 9.05. The molecule has 0 aromatic heterocycles. The Hall–Kier alpha value is -0.580. The zero-order valence-corrected chi connectivity index (χ0v) is 14.3. The summed E-state index contributed by atoms with van der Waals surface area (Å²) in [5.41, 5.74) is -0.315. The lowest BCUT2D eigenvalue weighted by Crippen LogP contribution is -2.51. The van der Waals surface area contributed by atoms with Gasteiger partial charge in [0.25, 0.3) is 0 Å². The van der Waals surface area contributed by atoms with Gasteiger partial charge in [0, 0.05) is 6.42 Å². The second-order valence-corrected chi connectivity index (χ2v) is 11.2. The lowest BCUT2D eigenvalue weighted by atomic mass is 9.49. The molecule has 1 N–H and O–H groups in total. The molecule has 1 aliphatic heterocycles. The largest absolute Gasteiger partial charge is 0.350 e. The van der Waals surface area contributed by atoms with Crippen LogP contribution in [-0.4, -0.2) is 31.4 Å². The molecule has 0 radical (unpaired) electrons. The number of nitrogens with one attached hydrogen (secondary N) is 1. The Kier molecular flexibility index (Phi) is 3.21. The fraction of sp³-hybridized carbons (Fsp3) is 0.941. The maximum Gasteiger partial charge on any atom is 0.221 e. The molecule has 1 saturated heterocycles. The first-order valence-corrected chi connectivity index (χ1v) is 10.6. The van der Waals surface area contributed by atoms with Crippen molar-refractivity contribution in [3.8, 4) is 0 Å². The summed E-state index contributed by atoms with van der Waals surface area (Å²) in [4.78, 5) is 12.6. The van der Waals surface area contributed by atoms with Crippen LogP contribution in [0.25, 0.3) is 0 Å². The van der Waals surface area contributed by atoms with Gasteiger partial charge in [-0.2, -0.15) is 0 Å². The van der Waals surface area contributed by atoms with Gasteiger partial charge in [0.1, 0.15) is 0 Å². The summed E-state index contributed by atoms with van der Waals surface area (Å²) in [7, 11) is -2.97. The van der Waals surface area contributed by atoms with Gasteiger partial charge in [-0.05, 0) is 75.0 Å². The van der Waals surface area contributed by atoms with Crippen molar-refractivity contribution in [2.24, 2.45) is 23.2 Å². The third-order valence-electron chi connectivity index (χ3n) is 6.65. The van der Waals surface area contributed by atoms with Gasteiger partial charge >= 0.3 is 0 Å². The third kappa shape index (κ3) is 2.70. The molecule has 0 spiro atoms. The van der Waals surface area contributed by atoms with Crippen LogP contribution in [0.4, 0.5) is 0 Å². The van der Waals surface area contributed by atoms with Gasteiger partial charge in [-0.1, -0.05) is 0 Å². The maximum atomic E-state index is 12.6. The Balaban J connectivity index is 1.42. The van der Waals surface area contributed by atoms with Crippen LogP contribution in [0.1, 0.15) is 58.3 Å². The first-order valence-electron chi connectivity index (χ1n) is 8.76. The SMILES string of the molecule is C[C@]1(NC(=O)CC23CC4CC(CC(C4)C2)C3)CCS(=O)(=O)C1. The molecule has 1 amide bonds. The fourth-order valence-electron chi connectivity index (χ4n) is 6.34. The van der Waals surface area contributed by atoms with Gasteiger partial charge in [-0.15, -0.1) is 0 Å². The maximum absolute atomic E-state index is 12.6. The number of sulfone groups is 1. The molecule has 5 fully saturated rings. The highest BCUT2D eigenvalue weighted by Crippen LogP contribution is 2.61. The first kappa shape index (κ1) is 15.0. The van der Waals surface area contributed by atoms with Crippen LogP contribution in [0.3, 0.4) is 0 Å². The van der Waals surface area contributed by atoms with Gasteiger partial charge < -0.3 is 5.32 Å². The van der Waals surface area contributed by atoms with Crippen molar-refractivity contribution in [3.05, 3.63) is 0 Å². The highest BCUT2D eigenvalue weighted by molar-refractivity contribution is 7.91. The number of hydrogen-bond acceptors (Lipinski definition) is 3. The van der Waals surface area contributed by atoms with Crippen molar-refractivity contribution in [2.75, 3.05) is 11.5 Å². The monoisotopic (exact) mass is 325 g/mol. The van der Waals surface area contributed by atoms with E-state index in [1.807, 2.05) is 6.92 Å². The Labute approximate surface area is 133 Å². The van der Waals surface area contributed by atoms with Crippen molar-refractivity contribution >= 4 is 15.7 Å². The molecule has 5 aliphatic rings. The summed E-state index contributed by atoms with van der Waals surface area (Å²) in [6.45, 7) is 1.88. The summed E-state index contributed by atoms with van der Waals surface area (Å²) in [5, 5.41) is 3.07. The van der Waals surface area contributed by atoms with E-state index in [9.17, 15) is 13.2 Å². The molecule has 4 nitrogen and oxygen atoms in total. The smallest absolute Gasteiger partial charge is 0.221 e. The van der Waals surface area contributed by atoms with Crippen molar-refractivity contribution in [3.63, 3.8) is 0 Å². The first-order chi connectivity index (χ1) is 10.3. The van der Waals surface area contributed by atoms with Crippen LogP contribution in [-0.2, 0) is 14.6 Å². The Bertz CT molecular complexity index is 562. The van der Waals surface area contributed by atoms with Crippen LogP contribution in [0.2, 0.25) is 0 Å². The zero-order valence-electron chi connectivity index (χ0n) is 13.4. The number of hydrogen-bond donors (Lipinski definition) is 1. The molecule has 5 rings (SSSR count). The quantitative estimate of drug-likeness (QED) is 0.866. The van der Waals surface area contributed by atoms with E-state index in [1.165, 1.54) is 38.5 Å². The predicted octanol–water partition coefficient (Wildman–Crippen LogP) is 2.29. The molecule has 124 valence electrons. The van der Waals surface area contributed by atoms with Crippen molar-refractivity contribution < 1.29 is 13.2 Å². The van der Waals surface area contributed by atoms with E-state index in [-0.39, 0.29) is 22.8 Å². The zero-order chi connectivity index (χ0) is 15.6. The highest BCUT2D eigenvalue weighted by atomic mass is 32.2. The van der Waals surface area contributed by atoms with Crippen LogP contribution in [0.15, 0.2) is 0 Å². The standard InChI is InChI=1S/C17H27NO3S/c1-16(2-3-22(20,21)11-16)18-15(19)10-17-7-12-4-13(8-17)6-14(5-12)9-17/h12-14H,2-11H2,1H3,(H,18,19)/t12?,13?,14?,16-,17?/m0/s1. The molecular formula is C17H27NO3S. The van der Waals surface area contributed by atoms with Gasteiger partial charge in [0.2, 0.25) is 5.91 Å². The Morgan fingerprint density at radius 1 is 1.09 bits per heavy atom. The summed E-state index contributed by atoms with van der Waals surface area (Å²) in [6, 6.07) is 0. The minimum absolute atomic E-state index is 0.0848. The normalized spacial score (nSPS) is 48.5. The highest BCUT2D eigenvalue weighted by Gasteiger charge is 2.52. The van der Waals surface area contributed by atoms with Crippen LogP contribution >= 0.6 is 0 Å². The lowest BCUT2D eigenvalue weighted by Gasteiger charge is -2.56. The van der Waals surface area contributed by atoms with Crippen LogP contribution in [0, 0.1) is 23.2 Å². The predicted molar refractivity (Wildman–Crippen MR) is 85.0 cm³/mol. The molecule has 0 aromatic rings. The summed E-state index contributed by atoms with van der Waals surface area (Å²) >= 11 is 0. The van der Waals surface area contributed by atoms with E-state index in [2.05, 4.69) is 5.32 Å². The molecule has 0 unspecified atom stereocenters.